The number of sulfonamides is 1. The molecule has 1 amide bonds. The molecule has 0 aromatic heterocycles. The van der Waals surface area contributed by atoms with Gasteiger partial charge >= 0.3 is 0 Å². The molecule has 26 heavy (non-hydrogen) atoms. The normalized spacial score (nSPS) is 26.7. The quantitative estimate of drug-likeness (QED) is 0.833. The molecule has 1 aromatic carbocycles. The topological polar surface area (TPSA) is 83.7 Å². The number of hydrogen-bond acceptors (Lipinski definition) is 4. The highest BCUT2D eigenvalue weighted by Crippen LogP contribution is 2.32. The molecule has 0 radical (unpaired) electrons. The predicted molar refractivity (Wildman–Crippen MR) is 104 cm³/mol. The van der Waals surface area contributed by atoms with E-state index in [-0.39, 0.29) is 28.6 Å². The van der Waals surface area contributed by atoms with Gasteiger partial charge in [0.05, 0.1) is 4.90 Å². The van der Waals surface area contributed by atoms with Crippen molar-refractivity contribution in [2.75, 3.05) is 26.2 Å². The SMILES string of the molecule is Cc1ccc(S(=O)(=O)N2CCCC2C(=O)N2CCC(C)(CN)C2)cc1.Cl. The van der Waals surface area contributed by atoms with Crippen molar-refractivity contribution in [3.63, 3.8) is 0 Å². The van der Waals surface area contributed by atoms with E-state index in [1.54, 1.807) is 29.2 Å². The van der Waals surface area contributed by atoms with Gasteiger partial charge in [0.15, 0.2) is 0 Å². The molecule has 2 atom stereocenters. The zero-order valence-electron chi connectivity index (χ0n) is 15.3. The van der Waals surface area contributed by atoms with Gasteiger partial charge in [-0.2, -0.15) is 4.31 Å². The van der Waals surface area contributed by atoms with Crippen LogP contribution in [0.4, 0.5) is 0 Å². The summed E-state index contributed by atoms with van der Waals surface area (Å²) in [6.45, 7) is 6.19. The highest BCUT2D eigenvalue weighted by Gasteiger charge is 2.44. The molecule has 2 heterocycles. The van der Waals surface area contributed by atoms with Gasteiger partial charge in [0.1, 0.15) is 6.04 Å². The first kappa shape index (κ1) is 21.2. The third kappa shape index (κ3) is 3.91. The Morgan fingerprint density at radius 3 is 2.50 bits per heavy atom. The number of benzene rings is 1. The molecule has 2 aliphatic rings. The molecule has 0 spiro atoms. The zero-order chi connectivity index (χ0) is 18.2. The number of carbonyl (C=O) groups excluding carboxylic acids is 1. The molecule has 0 bridgehead atoms. The predicted octanol–water partition coefficient (Wildman–Crippen LogP) is 1.77. The number of nitrogens with two attached hydrogens (primary N) is 1. The molecular weight excluding hydrogens is 374 g/mol. The fourth-order valence-electron chi connectivity index (χ4n) is 3.71. The maximum Gasteiger partial charge on any atom is 0.243 e. The smallest absolute Gasteiger partial charge is 0.243 e. The summed E-state index contributed by atoms with van der Waals surface area (Å²) in [4.78, 5) is 15.0. The third-order valence-electron chi connectivity index (χ3n) is 5.48. The van der Waals surface area contributed by atoms with E-state index in [9.17, 15) is 13.2 Å². The summed E-state index contributed by atoms with van der Waals surface area (Å²) in [5.74, 6) is -0.0784. The van der Waals surface area contributed by atoms with Crippen molar-refractivity contribution in [3.8, 4) is 0 Å². The number of rotatable bonds is 4. The first-order chi connectivity index (χ1) is 11.8. The Hall–Kier alpha value is -1.15. The molecule has 8 heteroatoms. The van der Waals surface area contributed by atoms with Crippen LogP contribution in [0.15, 0.2) is 29.2 Å². The fourth-order valence-corrected chi connectivity index (χ4v) is 5.36. The minimum atomic E-state index is -3.65. The van der Waals surface area contributed by atoms with Crippen LogP contribution in [0.5, 0.6) is 0 Å². The van der Waals surface area contributed by atoms with Gasteiger partial charge in [-0.3, -0.25) is 4.79 Å². The van der Waals surface area contributed by atoms with E-state index >= 15 is 0 Å². The summed E-state index contributed by atoms with van der Waals surface area (Å²) >= 11 is 0. The van der Waals surface area contributed by atoms with E-state index in [0.717, 1.165) is 12.0 Å². The number of carbonyl (C=O) groups is 1. The molecule has 0 aliphatic carbocycles. The number of hydrogen-bond donors (Lipinski definition) is 1. The lowest BCUT2D eigenvalue weighted by Gasteiger charge is -2.28. The van der Waals surface area contributed by atoms with Crippen molar-refractivity contribution in [3.05, 3.63) is 29.8 Å². The monoisotopic (exact) mass is 401 g/mol. The summed E-state index contributed by atoms with van der Waals surface area (Å²) in [7, 11) is -3.65. The van der Waals surface area contributed by atoms with Gasteiger partial charge in [-0.1, -0.05) is 24.6 Å². The fraction of sp³-hybridized carbons (Fsp3) is 0.611. The lowest BCUT2D eigenvalue weighted by molar-refractivity contribution is -0.133. The van der Waals surface area contributed by atoms with Gasteiger partial charge in [0.2, 0.25) is 15.9 Å². The number of nitrogens with zero attached hydrogens (tertiary/aromatic N) is 2. The minimum Gasteiger partial charge on any atom is -0.341 e. The second-order valence-electron chi connectivity index (χ2n) is 7.61. The number of likely N-dealkylation sites (tertiary alicyclic amines) is 1. The van der Waals surface area contributed by atoms with Crippen LogP contribution < -0.4 is 5.73 Å². The van der Waals surface area contributed by atoms with Crippen molar-refractivity contribution in [2.45, 2.75) is 44.0 Å². The van der Waals surface area contributed by atoms with E-state index in [1.165, 1.54) is 4.31 Å². The number of amides is 1. The Kier molecular flexibility index (Phi) is 6.38. The summed E-state index contributed by atoms with van der Waals surface area (Å²) in [6.07, 6.45) is 2.16. The first-order valence-electron chi connectivity index (χ1n) is 8.84. The Bertz CT molecular complexity index is 753. The van der Waals surface area contributed by atoms with E-state index in [1.807, 2.05) is 6.92 Å². The van der Waals surface area contributed by atoms with E-state index in [4.69, 9.17) is 5.73 Å². The van der Waals surface area contributed by atoms with Gasteiger partial charge < -0.3 is 10.6 Å². The van der Waals surface area contributed by atoms with Gasteiger partial charge in [0.25, 0.3) is 0 Å². The molecule has 2 N–H and O–H groups in total. The van der Waals surface area contributed by atoms with Crippen molar-refractivity contribution in [1.82, 2.24) is 9.21 Å². The molecule has 0 saturated carbocycles. The Morgan fingerprint density at radius 1 is 1.27 bits per heavy atom. The number of aryl methyl sites for hydroxylation is 1. The van der Waals surface area contributed by atoms with Crippen molar-refractivity contribution in [2.24, 2.45) is 11.1 Å². The largest absolute Gasteiger partial charge is 0.341 e. The average molecular weight is 402 g/mol. The average Bonchev–Trinajstić information content (AvgIpc) is 3.22. The lowest BCUT2D eigenvalue weighted by atomic mass is 9.90. The van der Waals surface area contributed by atoms with Crippen LogP contribution >= 0.6 is 12.4 Å². The summed E-state index contributed by atoms with van der Waals surface area (Å²) in [6, 6.07) is 6.21. The highest BCUT2D eigenvalue weighted by atomic mass is 35.5. The van der Waals surface area contributed by atoms with Crippen LogP contribution in [0.25, 0.3) is 0 Å². The standard InChI is InChI=1S/C18H27N3O3S.ClH/c1-14-5-7-15(8-6-14)25(23,24)21-10-3-4-16(21)17(22)20-11-9-18(2,12-19)13-20;/h5-8,16H,3-4,9-13,19H2,1-2H3;1H. The molecule has 6 nitrogen and oxygen atoms in total. The Labute approximate surface area is 162 Å². The highest BCUT2D eigenvalue weighted by molar-refractivity contribution is 7.89. The molecule has 2 saturated heterocycles. The summed E-state index contributed by atoms with van der Waals surface area (Å²) in [5.41, 5.74) is 6.77. The van der Waals surface area contributed by atoms with Crippen LogP contribution in [0.2, 0.25) is 0 Å². The maximum absolute atomic E-state index is 13.0. The van der Waals surface area contributed by atoms with E-state index in [2.05, 4.69) is 6.92 Å². The van der Waals surface area contributed by atoms with Crippen LogP contribution in [0.3, 0.4) is 0 Å². The summed E-state index contributed by atoms with van der Waals surface area (Å²) in [5, 5.41) is 0. The Balaban J connectivity index is 0.00000243. The van der Waals surface area contributed by atoms with Gasteiger partial charge in [0, 0.05) is 19.6 Å². The molecule has 2 aliphatic heterocycles. The molecular formula is C18H28ClN3O3S. The minimum absolute atomic E-state index is 0. The van der Waals surface area contributed by atoms with E-state index in [0.29, 0.717) is 39.0 Å². The Morgan fingerprint density at radius 2 is 1.92 bits per heavy atom. The van der Waals surface area contributed by atoms with Gasteiger partial charge in [-0.15, -0.1) is 12.4 Å². The van der Waals surface area contributed by atoms with Gasteiger partial charge in [-0.05, 0) is 50.3 Å². The van der Waals surface area contributed by atoms with Crippen LogP contribution in [-0.2, 0) is 14.8 Å². The maximum atomic E-state index is 13.0. The third-order valence-corrected chi connectivity index (χ3v) is 7.40. The van der Waals surface area contributed by atoms with Crippen molar-refractivity contribution < 1.29 is 13.2 Å². The lowest BCUT2D eigenvalue weighted by Crippen LogP contribution is -2.47. The summed E-state index contributed by atoms with van der Waals surface area (Å²) < 4.78 is 27.4. The second kappa shape index (κ2) is 7.84. The molecule has 146 valence electrons. The van der Waals surface area contributed by atoms with Crippen molar-refractivity contribution >= 4 is 28.3 Å². The first-order valence-corrected chi connectivity index (χ1v) is 10.3. The van der Waals surface area contributed by atoms with E-state index < -0.39 is 16.1 Å². The molecule has 2 unspecified atom stereocenters. The molecule has 3 rings (SSSR count). The van der Waals surface area contributed by atoms with Crippen LogP contribution in [-0.4, -0.2) is 55.8 Å². The molecule has 2 fully saturated rings. The van der Waals surface area contributed by atoms with Gasteiger partial charge in [-0.25, -0.2) is 8.42 Å². The second-order valence-corrected chi connectivity index (χ2v) is 9.50. The molecule has 1 aromatic rings. The van der Waals surface area contributed by atoms with Crippen molar-refractivity contribution in [1.29, 1.82) is 0 Å². The van der Waals surface area contributed by atoms with Crippen LogP contribution in [0.1, 0.15) is 31.7 Å². The van der Waals surface area contributed by atoms with Crippen LogP contribution in [0, 0.1) is 12.3 Å². The number of halogens is 1. The zero-order valence-corrected chi connectivity index (χ0v) is 17.0.